The Morgan fingerprint density at radius 1 is 1.35 bits per heavy atom. The minimum atomic E-state index is 0.0737. The summed E-state index contributed by atoms with van der Waals surface area (Å²) in [6.07, 6.45) is 7.39. The summed E-state index contributed by atoms with van der Waals surface area (Å²) in [5.74, 6) is 0.702. The van der Waals surface area contributed by atoms with Crippen LogP contribution in [0.5, 0.6) is 5.88 Å². The van der Waals surface area contributed by atoms with Crippen LogP contribution < -0.4 is 10.1 Å². The maximum absolute atomic E-state index is 9.34. The molecule has 1 aromatic rings. The summed E-state index contributed by atoms with van der Waals surface area (Å²) < 4.78 is 5.73. The average Bonchev–Trinajstić information content (AvgIpc) is 2.65. The molecule has 1 heterocycles. The van der Waals surface area contributed by atoms with Crippen LogP contribution in [0, 0.1) is 17.2 Å². The van der Waals surface area contributed by atoms with Crippen molar-refractivity contribution in [1.82, 2.24) is 4.98 Å². The van der Waals surface area contributed by atoms with Gasteiger partial charge in [0.25, 0.3) is 0 Å². The summed E-state index contributed by atoms with van der Waals surface area (Å²) in [4.78, 5) is 4.29. The molecule has 4 nitrogen and oxygen atoms in total. The molecule has 0 amide bonds. The van der Waals surface area contributed by atoms with Crippen LogP contribution in [-0.2, 0) is 0 Å². The van der Waals surface area contributed by atoms with Crippen molar-refractivity contribution in [3.63, 3.8) is 0 Å². The van der Waals surface area contributed by atoms with Crippen LogP contribution >= 0.6 is 0 Å². The van der Waals surface area contributed by atoms with E-state index in [4.69, 9.17) is 4.74 Å². The van der Waals surface area contributed by atoms with E-state index >= 15 is 0 Å². The molecule has 0 aliphatic heterocycles. The van der Waals surface area contributed by atoms with E-state index in [1.165, 1.54) is 12.8 Å². The molecule has 2 atom stereocenters. The van der Waals surface area contributed by atoms with Gasteiger partial charge in [-0.1, -0.05) is 19.3 Å². The molecule has 1 N–H and O–H groups in total. The van der Waals surface area contributed by atoms with Crippen molar-refractivity contribution >= 4 is 5.69 Å². The zero-order chi connectivity index (χ0) is 14.4. The van der Waals surface area contributed by atoms with Crippen molar-refractivity contribution in [2.24, 2.45) is 5.92 Å². The molecule has 2 rings (SSSR count). The first-order valence-corrected chi connectivity index (χ1v) is 7.48. The lowest BCUT2D eigenvalue weighted by Gasteiger charge is -2.23. The number of nitrogens with one attached hydrogen (secondary N) is 1. The number of nitriles is 1. The molecule has 0 saturated heterocycles. The maximum Gasteiger partial charge on any atom is 0.237 e. The van der Waals surface area contributed by atoms with Crippen molar-refractivity contribution in [3.05, 3.63) is 18.3 Å². The van der Waals surface area contributed by atoms with Crippen molar-refractivity contribution in [1.29, 1.82) is 5.26 Å². The van der Waals surface area contributed by atoms with Crippen LogP contribution in [0.15, 0.2) is 18.3 Å². The van der Waals surface area contributed by atoms with E-state index in [2.05, 4.69) is 16.4 Å². The molecular weight excluding hydrogens is 250 g/mol. The Morgan fingerprint density at radius 2 is 2.15 bits per heavy atom. The van der Waals surface area contributed by atoms with Gasteiger partial charge in [0.1, 0.15) is 0 Å². The summed E-state index contributed by atoms with van der Waals surface area (Å²) in [5, 5.41) is 12.8. The van der Waals surface area contributed by atoms with Crippen molar-refractivity contribution in [3.8, 4) is 11.9 Å². The molecule has 1 saturated carbocycles. The van der Waals surface area contributed by atoms with Crippen LogP contribution in [-0.4, -0.2) is 17.1 Å². The topological polar surface area (TPSA) is 57.9 Å². The van der Waals surface area contributed by atoms with E-state index in [9.17, 15) is 5.26 Å². The molecule has 0 bridgehead atoms. The average molecular weight is 273 g/mol. The van der Waals surface area contributed by atoms with Crippen LogP contribution in [0.25, 0.3) is 0 Å². The smallest absolute Gasteiger partial charge is 0.237 e. The molecule has 20 heavy (non-hydrogen) atoms. The van der Waals surface area contributed by atoms with Crippen LogP contribution in [0.4, 0.5) is 5.69 Å². The lowest BCUT2D eigenvalue weighted by molar-refractivity contribution is 0.233. The molecule has 4 heteroatoms. The van der Waals surface area contributed by atoms with E-state index in [1.807, 2.05) is 26.0 Å². The van der Waals surface area contributed by atoms with Gasteiger partial charge in [0.15, 0.2) is 0 Å². The second-order valence-corrected chi connectivity index (χ2v) is 5.65. The Balaban J connectivity index is 2.13. The summed E-state index contributed by atoms with van der Waals surface area (Å²) in [6, 6.07) is 6.52. The Morgan fingerprint density at radius 3 is 2.90 bits per heavy atom. The number of rotatable bonds is 4. The van der Waals surface area contributed by atoms with Gasteiger partial charge >= 0.3 is 0 Å². The maximum atomic E-state index is 9.34. The van der Waals surface area contributed by atoms with Crippen molar-refractivity contribution in [2.75, 3.05) is 5.32 Å². The van der Waals surface area contributed by atoms with Gasteiger partial charge in [-0.25, -0.2) is 4.98 Å². The zero-order valence-corrected chi connectivity index (χ0v) is 12.3. The minimum absolute atomic E-state index is 0.0737. The SMILES string of the molecule is CC(C)Oc1ncccc1NC1CCCCCC1C#N. The van der Waals surface area contributed by atoms with Gasteiger partial charge in [0, 0.05) is 12.2 Å². The molecular formula is C16H23N3O. The Labute approximate surface area is 121 Å². The van der Waals surface area contributed by atoms with Gasteiger partial charge in [-0.2, -0.15) is 5.26 Å². The fraction of sp³-hybridized carbons (Fsp3) is 0.625. The second kappa shape index (κ2) is 7.14. The highest BCUT2D eigenvalue weighted by Crippen LogP contribution is 2.29. The minimum Gasteiger partial charge on any atom is -0.473 e. The Hall–Kier alpha value is -1.76. The van der Waals surface area contributed by atoms with E-state index in [0.29, 0.717) is 5.88 Å². The van der Waals surface area contributed by atoms with Gasteiger partial charge in [0.05, 0.1) is 23.8 Å². The van der Waals surface area contributed by atoms with Gasteiger partial charge < -0.3 is 10.1 Å². The van der Waals surface area contributed by atoms with Crippen LogP contribution in [0.1, 0.15) is 46.0 Å². The number of nitrogens with zero attached hydrogens (tertiary/aromatic N) is 2. The Kier molecular flexibility index (Phi) is 5.23. The molecule has 0 spiro atoms. The lowest BCUT2D eigenvalue weighted by Crippen LogP contribution is -2.27. The zero-order valence-electron chi connectivity index (χ0n) is 12.3. The molecule has 1 aliphatic carbocycles. The quantitative estimate of drug-likeness (QED) is 0.849. The number of anilines is 1. The van der Waals surface area contributed by atoms with Crippen LogP contribution in [0.2, 0.25) is 0 Å². The fourth-order valence-electron chi connectivity index (χ4n) is 2.65. The van der Waals surface area contributed by atoms with Crippen molar-refractivity contribution in [2.45, 2.75) is 58.1 Å². The third kappa shape index (κ3) is 3.86. The van der Waals surface area contributed by atoms with E-state index in [0.717, 1.165) is 24.9 Å². The Bertz CT molecular complexity index is 467. The number of hydrogen-bond acceptors (Lipinski definition) is 4. The predicted molar refractivity (Wildman–Crippen MR) is 79.6 cm³/mol. The highest BCUT2D eigenvalue weighted by molar-refractivity contribution is 5.53. The largest absolute Gasteiger partial charge is 0.473 e. The highest BCUT2D eigenvalue weighted by atomic mass is 16.5. The first kappa shape index (κ1) is 14.6. The summed E-state index contributed by atoms with van der Waals surface area (Å²) in [5.41, 5.74) is 0.897. The molecule has 0 aromatic carbocycles. The standard InChI is InChI=1S/C16H23N3O/c1-12(2)20-16-15(9-6-10-18-16)19-14-8-5-3-4-7-13(14)11-17/h6,9-10,12-14,19H,3-5,7-8H2,1-2H3. The monoisotopic (exact) mass is 273 g/mol. The molecule has 1 aliphatic rings. The molecule has 2 unspecified atom stereocenters. The number of aromatic nitrogens is 1. The second-order valence-electron chi connectivity index (χ2n) is 5.65. The van der Waals surface area contributed by atoms with Gasteiger partial charge in [-0.3, -0.25) is 0 Å². The first-order valence-electron chi connectivity index (χ1n) is 7.48. The molecule has 1 aromatic heterocycles. The number of ether oxygens (including phenoxy) is 1. The normalized spacial score (nSPS) is 22.9. The van der Waals surface area contributed by atoms with E-state index in [1.54, 1.807) is 6.20 Å². The number of hydrogen-bond donors (Lipinski definition) is 1. The molecule has 0 radical (unpaired) electrons. The first-order chi connectivity index (χ1) is 9.70. The van der Waals surface area contributed by atoms with E-state index < -0.39 is 0 Å². The molecule has 108 valence electrons. The van der Waals surface area contributed by atoms with Crippen LogP contribution in [0.3, 0.4) is 0 Å². The third-order valence-electron chi connectivity index (χ3n) is 3.64. The summed E-state index contributed by atoms with van der Waals surface area (Å²) >= 11 is 0. The third-order valence-corrected chi connectivity index (χ3v) is 3.64. The highest BCUT2D eigenvalue weighted by Gasteiger charge is 2.24. The number of pyridine rings is 1. The van der Waals surface area contributed by atoms with Gasteiger partial charge in [-0.05, 0) is 38.8 Å². The fourth-order valence-corrected chi connectivity index (χ4v) is 2.65. The summed E-state index contributed by atoms with van der Waals surface area (Å²) in [7, 11) is 0. The molecule has 1 fully saturated rings. The van der Waals surface area contributed by atoms with E-state index in [-0.39, 0.29) is 18.1 Å². The lowest BCUT2D eigenvalue weighted by atomic mass is 9.96. The predicted octanol–water partition coefficient (Wildman–Crippen LogP) is 3.75. The van der Waals surface area contributed by atoms with Crippen molar-refractivity contribution < 1.29 is 4.74 Å². The van der Waals surface area contributed by atoms with Gasteiger partial charge in [-0.15, -0.1) is 0 Å². The van der Waals surface area contributed by atoms with Gasteiger partial charge in [0.2, 0.25) is 5.88 Å². The summed E-state index contributed by atoms with van der Waals surface area (Å²) in [6.45, 7) is 3.98.